The molecule has 2 aromatic rings. The molecule has 0 aliphatic carbocycles. The lowest BCUT2D eigenvalue weighted by atomic mass is 10.2. The molecular weight excluding hydrogens is 308 g/mol. The fraction of sp³-hybridized carbons (Fsp3) is 0.308. The minimum absolute atomic E-state index is 0.0434. The van der Waals surface area contributed by atoms with Gasteiger partial charge in [-0.2, -0.15) is 0 Å². The summed E-state index contributed by atoms with van der Waals surface area (Å²) in [4.78, 5) is 11.7. The second kappa shape index (κ2) is 7.04. The summed E-state index contributed by atoms with van der Waals surface area (Å²) < 4.78 is 1.79. The molecule has 0 spiro atoms. The summed E-state index contributed by atoms with van der Waals surface area (Å²) in [5.41, 5.74) is 1.71. The Labute approximate surface area is 120 Å². The summed E-state index contributed by atoms with van der Waals surface area (Å²) in [6.45, 7) is 0. The third kappa shape index (κ3) is 4.17. The Morgan fingerprint density at radius 1 is 1.26 bits per heavy atom. The Hall–Kier alpha value is -1.69. The number of carbonyl (C=O) groups excluding carboxylic acids is 1. The maximum absolute atomic E-state index is 11.7. The van der Waals surface area contributed by atoms with E-state index in [0.717, 1.165) is 29.5 Å². The average Bonchev–Trinajstić information content (AvgIpc) is 2.93. The maximum Gasteiger partial charge on any atom is 0.224 e. The standard InChI is InChI=1S/C13H15BrN4O/c14-7-2-1-6-13(19)17-11-4-3-5-12(8-11)18-9-15-16-10-18/h3-5,8-10H,1-2,6-7H2,(H,17,19). The Morgan fingerprint density at radius 2 is 2.05 bits per heavy atom. The highest BCUT2D eigenvalue weighted by atomic mass is 79.9. The van der Waals surface area contributed by atoms with Gasteiger partial charge in [-0.1, -0.05) is 22.0 Å². The van der Waals surface area contributed by atoms with Gasteiger partial charge in [0.15, 0.2) is 0 Å². The summed E-state index contributed by atoms with van der Waals surface area (Å²) in [5.74, 6) is 0.0434. The second-order valence-electron chi connectivity index (χ2n) is 4.11. The molecule has 0 bridgehead atoms. The molecule has 0 aliphatic rings. The number of aromatic nitrogens is 3. The fourth-order valence-corrected chi connectivity index (χ4v) is 2.08. The Morgan fingerprint density at radius 3 is 2.79 bits per heavy atom. The summed E-state index contributed by atoms with van der Waals surface area (Å²) in [5, 5.41) is 11.3. The van der Waals surface area contributed by atoms with E-state index in [-0.39, 0.29) is 5.91 Å². The minimum atomic E-state index is 0.0434. The first-order valence-electron chi connectivity index (χ1n) is 6.10. The fourth-order valence-electron chi connectivity index (χ4n) is 1.68. The van der Waals surface area contributed by atoms with Crippen molar-refractivity contribution in [1.29, 1.82) is 0 Å². The predicted molar refractivity (Wildman–Crippen MR) is 77.6 cm³/mol. The summed E-state index contributed by atoms with van der Waals surface area (Å²) >= 11 is 3.35. The van der Waals surface area contributed by atoms with Gasteiger partial charge in [0.1, 0.15) is 12.7 Å². The van der Waals surface area contributed by atoms with E-state index in [1.165, 1.54) is 0 Å². The number of nitrogens with zero attached hydrogens (tertiary/aromatic N) is 3. The van der Waals surface area contributed by atoms with Crippen molar-refractivity contribution < 1.29 is 4.79 Å². The zero-order valence-corrected chi connectivity index (χ0v) is 12.0. The lowest BCUT2D eigenvalue weighted by molar-refractivity contribution is -0.116. The van der Waals surface area contributed by atoms with E-state index in [2.05, 4.69) is 31.4 Å². The van der Waals surface area contributed by atoms with Gasteiger partial charge in [-0.15, -0.1) is 10.2 Å². The third-order valence-corrected chi connectivity index (χ3v) is 3.20. The van der Waals surface area contributed by atoms with Crippen molar-refractivity contribution in [3.8, 4) is 5.69 Å². The lowest BCUT2D eigenvalue weighted by Gasteiger charge is -2.07. The number of rotatable bonds is 6. The molecule has 0 radical (unpaired) electrons. The SMILES string of the molecule is O=C(CCCCBr)Nc1cccc(-n2cnnc2)c1. The van der Waals surface area contributed by atoms with Crippen molar-refractivity contribution in [1.82, 2.24) is 14.8 Å². The van der Waals surface area contributed by atoms with Crippen LogP contribution in [0.5, 0.6) is 0 Å². The molecule has 19 heavy (non-hydrogen) atoms. The average molecular weight is 323 g/mol. The van der Waals surface area contributed by atoms with Crippen molar-refractivity contribution in [2.24, 2.45) is 0 Å². The van der Waals surface area contributed by atoms with Gasteiger partial charge >= 0.3 is 0 Å². The third-order valence-electron chi connectivity index (χ3n) is 2.63. The van der Waals surface area contributed by atoms with E-state index in [1.54, 1.807) is 17.2 Å². The number of unbranched alkanes of at least 4 members (excludes halogenated alkanes) is 1. The number of hydrogen-bond acceptors (Lipinski definition) is 3. The van der Waals surface area contributed by atoms with Gasteiger partial charge < -0.3 is 5.32 Å². The molecule has 0 saturated carbocycles. The Kier molecular flexibility index (Phi) is 5.09. The Balaban J connectivity index is 1.97. The summed E-state index contributed by atoms with van der Waals surface area (Å²) in [6, 6.07) is 7.59. The van der Waals surface area contributed by atoms with Crippen LogP contribution in [0.4, 0.5) is 5.69 Å². The smallest absolute Gasteiger partial charge is 0.224 e. The quantitative estimate of drug-likeness (QED) is 0.657. The molecule has 1 heterocycles. The van der Waals surface area contributed by atoms with Crippen molar-refractivity contribution in [3.05, 3.63) is 36.9 Å². The highest BCUT2D eigenvalue weighted by Gasteiger charge is 2.03. The zero-order valence-electron chi connectivity index (χ0n) is 10.4. The number of amides is 1. The number of carbonyl (C=O) groups is 1. The van der Waals surface area contributed by atoms with Crippen molar-refractivity contribution >= 4 is 27.5 Å². The normalized spacial score (nSPS) is 10.4. The van der Waals surface area contributed by atoms with Crippen LogP contribution in [-0.2, 0) is 4.79 Å². The Bertz CT molecular complexity index is 527. The number of hydrogen-bond donors (Lipinski definition) is 1. The van der Waals surface area contributed by atoms with E-state index in [9.17, 15) is 4.79 Å². The molecule has 0 fully saturated rings. The monoisotopic (exact) mass is 322 g/mol. The van der Waals surface area contributed by atoms with Gasteiger partial charge in [-0.05, 0) is 31.0 Å². The molecule has 0 atom stereocenters. The largest absolute Gasteiger partial charge is 0.326 e. The van der Waals surface area contributed by atoms with Gasteiger partial charge in [0.05, 0.1) is 5.69 Å². The highest BCUT2D eigenvalue weighted by molar-refractivity contribution is 9.09. The van der Waals surface area contributed by atoms with Gasteiger partial charge in [0, 0.05) is 17.4 Å². The maximum atomic E-state index is 11.7. The first kappa shape index (κ1) is 13.7. The van der Waals surface area contributed by atoms with Crippen LogP contribution in [0.2, 0.25) is 0 Å². The van der Waals surface area contributed by atoms with Crippen LogP contribution in [0.3, 0.4) is 0 Å². The van der Waals surface area contributed by atoms with E-state index in [0.29, 0.717) is 6.42 Å². The van der Waals surface area contributed by atoms with E-state index >= 15 is 0 Å². The molecule has 0 unspecified atom stereocenters. The molecule has 6 heteroatoms. The van der Waals surface area contributed by atoms with Gasteiger partial charge in [-0.3, -0.25) is 9.36 Å². The summed E-state index contributed by atoms with van der Waals surface area (Å²) in [6.07, 6.45) is 5.69. The van der Waals surface area contributed by atoms with Crippen LogP contribution in [0, 0.1) is 0 Å². The number of benzene rings is 1. The number of anilines is 1. The highest BCUT2D eigenvalue weighted by Crippen LogP contribution is 2.14. The number of halogens is 1. The molecule has 100 valence electrons. The van der Waals surface area contributed by atoms with Gasteiger partial charge in [-0.25, -0.2) is 0 Å². The van der Waals surface area contributed by atoms with Crippen LogP contribution in [0.25, 0.3) is 5.69 Å². The molecule has 1 aromatic carbocycles. The first-order chi connectivity index (χ1) is 9.29. The molecule has 5 nitrogen and oxygen atoms in total. The molecule has 1 aromatic heterocycles. The second-order valence-corrected chi connectivity index (χ2v) is 4.91. The molecule has 0 aliphatic heterocycles. The molecule has 1 N–H and O–H groups in total. The predicted octanol–water partition coefficient (Wildman–Crippen LogP) is 2.77. The lowest BCUT2D eigenvalue weighted by Crippen LogP contribution is -2.11. The van der Waals surface area contributed by atoms with Crippen LogP contribution in [-0.4, -0.2) is 26.0 Å². The van der Waals surface area contributed by atoms with Crippen LogP contribution in [0.15, 0.2) is 36.9 Å². The molecule has 1 amide bonds. The van der Waals surface area contributed by atoms with E-state index < -0.39 is 0 Å². The zero-order chi connectivity index (χ0) is 13.5. The van der Waals surface area contributed by atoms with Crippen molar-refractivity contribution in [3.63, 3.8) is 0 Å². The minimum Gasteiger partial charge on any atom is -0.326 e. The van der Waals surface area contributed by atoms with E-state index in [4.69, 9.17) is 0 Å². The molecule has 0 saturated heterocycles. The van der Waals surface area contributed by atoms with Gasteiger partial charge in [0.2, 0.25) is 5.91 Å². The van der Waals surface area contributed by atoms with Crippen LogP contribution < -0.4 is 5.32 Å². The van der Waals surface area contributed by atoms with E-state index in [1.807, 2.05) is 24.3 Å². The van der Waals surface area contributed by atoms with Crippen molar-refractivity contribution in [2.75, 3.05) is 10.6 Å². The van der Waals surface area contributed by atoms with Gasteiger partial charge in [0.25, 0.3) is 0 Å². The number of nitrogens with one attached hydrogen (secondary N) is 1. The first-order valence-corrected chi connectivity index (χ1v) is 7.22. The topological polar surface area (TPSA) is 59.8 Å². The number of alkyl halides is 1. The van der Waals surface area contributed by atoms with Crippen LogP contribution >= 0.6 is 15.9 Å². The van der Waals surface area contributed by atoms with Crippen LogP contribution in [0.1, 0.15) is 19.3 Å². The summed E-state index contributed by atoms with van der Waals surface area (Å²) in [7, 11) is 0. The molecular formula is C13H15BrN4O. The van der Waals surface area contributed by atoms with Crippen molar-refractivity contribution in [2.45, 2.75) is 19.3 Å². The molecule has 2 rings (SSSR count).